The summed E-state index contributed by atoms with van der Waals surface area (Å²) >= 11 is 0. The molecule has 0 radical (unpaired) electrons. The summed E-state index contributed by atoms with van der Waals surface area (Å²) in [7, 11) is 0. The molecule has 21 heavy (non-hydrogen) atoms. The van der Waals surface area contributed by atoms with Crippen molar-refractivity contribution in [2.45, 2.75) is 82.6 Å². The Hall–Kier alpha value is -0.810. The lowest BCUT2D eigenvalue weighted by Gasteiger charge is -2.57. The zero-order chi connectivity index (χ0) is 15.2. The molecule has 1 saturated carbocycles. The molecule has 4 fully saturated rings. The minimum absolute atomic E-state index is 0.130. The van der Waals surface area contributed by atoms with E-state index in [4.69, 9.17) is 10.5 Å². The number of piperazine rings is 1. The molecule has 120 valence electrons. The van der Waals surface area contributed by atoms with Crippen molar-refractivity contribution in [2.75, 3.05) is 13.1 Å². The van der Waals surface area contributed by atoms with Crippen LogP contribution >= 0.6 is 0 Å². The SMILES string of the molecule is CC(C)(C)OC(=O)N1[C@H]2C[C@H]1CN(C1CCC(N)CC1)C2. The predicted molar refractivity (Wildman–Crippen MR) is 82.1 cm³/mol. The van der Waals surface area contributed by atoms with E-state index in [-0.39, 0.29) is 6.09 Å². The van der Waals surface area contributed by atoms with Crippen LogP contribution in [0.1, 0.15) is 52.9 Å². The molecule has 5 heteroatoms. The van der Waals surface area contributed by atoms with Crippen LogP contribution < -0.4 is 5.73 Å². The number of carbonyl (C=O) groups is 1. The third-order valence-corrected chi connectivity index (χ3v) is 5.08. The van der Waals surface area contributed by atoms with Crippen molar-refractivity contribution < 1.29 is 9.53 Å². The number of carbonyl (C=O) groups excluding carboxylic acids is 1. The van der Waals surface area contributed by atoms with Gasteiger partial charge in [0.15, 0.2) is 0 Å². The Bertz CT molecular complexity index is 387. The van der Waals surface area contributed by atoms with Crippen molar-refractivity contribution in [3.05, 3.63) is 0 Å². The first-order valence-corrected chi connectivity index (χ1v) is 8.34. The van der Waals surface area contributed by atoms with Crippen LogP contribution in [0.3, 0.4) is 0 Å². The van der Waals surface area contributed by atoms with Gasteiger partial charge in [-0.15, -0.1) is 0 Å². The number of nitrogens with zero attached hydrogens (tertiary/aromatic N) is 2. The van der Waals surface area contributed by atoms with E-state index in [1.54, 1.807) is 0 Å². The first-order chi connectivity index (χ1) is 9.83. The average Bonchev–Trinajstić information content (AvgIpc) is 2.37. The van der Waals surface area contributed by atoms with E-state index in [1.165, 1.54) is 12.8 Å². The van der Waals surface area contributed by atoms with Gasteiger partial charge in [-0.05, 0) is 52.9 Å². The number of ether oxygens (including phenoxy) is 1. The maximum absolute atomic E-state index is 12.2. The van der Waals surface area contributed by atoms with Gasteiger partial charge in [-0.2, -0.15) is 0 Å². The van der Waals surface area contributed by atoms with E-state index in [0.29, 0.717) is 24.2 Å². The standard InChI is InChI=1S/C16H29N3O2/c1-16(2,3)21-15(20)19-13-8-14(19)10-18(9-13)12-6-4-11(17)5-7-12/h11-14H,4-10,17H2,1-3H3/t11?,12?,13-,14-/m0/s1. The Morgan fingerprint density at radius 3 is 2.14 bits per heavy atom. The van der Waals surface area contributed by atoms with Crippen molar-refractivity contribution >= 4 is 6.09 Å². The van der Waals surface area contributed by atoms with Gasteiger partial charge in [-0.25, -0.2) is 4.79 Å². The molecule has 3 aliphatic heterocycles. The van der Waals surface area contributed by atoms with E-state index in [0.717, 1.165) is 32.4 Å². The van der Waals surface area contributed by atoms with Gasteiger partial charge < -0.3 is 10.5 Å². The molecule has 1 amide bonds. The maximum atomic E-state index is 12.2. The van der Waals surface area contributed by atoms with Gasteiger partial charge in [0.2, 0.25) is 0 Å². The largest absolute Gasteiger partial charge is 0.444 e. The van der Waals surface area contributed by atoms with Crippen LogP contribution in [0.15, 0.2) is 0 Å². The Balaban J connectivity index is 1.54. The monoisotopic (exact) mass is 295 g/mol. The summed E-state index contributed by atoms with van der Waals surface area (Å²) in [5, 5.41) is 0. The van der Waals surface area contributed by atoms with Gasteiger partial charge >= 0.3 is 6.09 Å². The molecule has 0 unspecified atom stereocenters. The normalized spacial score (nSPS) is 37.0. The fourth-order valence-corrected chi connectivity index (χ4v) is 4.02. The Morgan fingerprint density at radius 1 is 1.05 bits per heavy atom. The molecule has 2 bridgehead atoms. The van der Waals surface area contributed by atoms with Crippen LogP contribution in [-0.2, 0) is 4.74 Å². The summed E-state index contributed by atoms with van der Waals surface area (Å²) in [6.45, 7) is 7.80. The zero-order valence-electron chi connectivity index (χ0n) is 13.5. The third-order valence-electron chi connectivity index (χ3n) is 5.08. The highest BCUT2D eigenvalue weighted by Crippen LogP contribution is 2.36. The molecule has 0 aromatic rings. The summed E-state index contributed by atoms with van der Waals surface area (Å²) < 4.78 is 5.52. The van der Waals surface area contributed by atoms with Crippen molar-refractivity contribution in [1.82, 2.24) is 9.80 Å². The number of hydrogen-bond acceptors (Lipinski definition) is 4. The maximum Gasteiger partial charge on any atom is 0.410 e. The second kappa shape index (κ2) is 5.43. The molecule has 2 atom stereocenters. The highest BCUT2D eigenvalue weighted by Gasteiger charge is 2.49. The van der Waals surface area contributed by atoms with E-state index in [2.05, 4.69) is 4.90 Å². The molecule has 0 aromatic heterocycles. The third kappa shape index (κ3) is 3.19. The Kier molecular flexibility index (Phi) is 3.91. The first kappa shape index (κ1) is 15.1. The van der Waals surface area contributed by atoms with E-state index >= 15 is 0 Å². The summed E-state index contributed by atoms with van der Waals surface area (Å²) in [4.78, 5) is 16.8. The molecule has 4 rings (SSSR count). The highest BCUT2D eigenvalue weighted by atomic mass is 16.6. The fourth-order valence-electron chi connectivity index (χ4n) is 4.02. The van der Waals surface area contributed by atoms with Crippen molar-refractivity contribution in [3.8, 4) is 0 Å². The smallest absolute Gasteiger partial charge is 0.410 e. The van der Waals surface area contributed by atoms with Crippen LogP contribution in [0.4, 0.5) is 4.79 Å². The van der Waals surface area contributed by atoms with Crippen LogP contribution in [0, 0.1) is 0 Å². The molecular weight excluding hydrogens is 266 g/mol. The molecule has 4 aliphatic rings. The lowest BCUT2D eigenvalue weighted by atomic mass is 9.84. The van der Waals surface area contributed by atoms with Crippen molar-refractivity contribution in [1.29, 1.82) is 0 Å². The van der Waals surface area contributed by atoms with Gasteiger partial charge in [0, 0.05) is 25.2 Å². The number of nitrogens with two attached hydrogens (primary N) is 1. The lowest BCUT2D eigenvalue weighted by molar-refractivity contribution is -0.0888. The molecule has 3 saturated heterocycles. The molecule has 0 aromatic carbocycles. The molecule has 0 spiro atoms. The molecule has 3 heterocycles. The topological polar surface area (TPSA) is 58.8 Å². The molecular formula is C16H29N3O2. The van der Waals surface area contributed by atoms with E-state index in [1.807, 2.05) is 25.7 Å². The van der Waals surface area contributed by atoms with Crippen molar-refractivity contribution in [2.24, 2.45) is 5.73 Å². The zero-order valence-corrected chi connectivity index (χ0v) is 13.5. The second-order valence-electron chi connectivity index (χ2n) is 7.95. The van der Waals surface area contributed by atoms with Crippen LogP contribution in [0.5, 0.6) is 0 Å². The van der Waals surface area contributed by atoms with Gasteiger partial charge in [0.25, 0.3) is 0 Å². The fraction of sp³-hybridized carbons (Fsp3) is 0.938. The predicted octanol–water partition coefficient (Wildman–Crippen LogP) is 1.95. The Morgan fingerprint density at radius 2 is 1.62 bits per heavy atom. The van der Waals surface area contributed by atoms with Crippen LogP contribution in [0.25, 0.3) is 0 Å². The minimum atomic E-state index is -0.403. The first-order valence-electron chi connectivity index (χ1n) is 8.34. The number of rotatable bonds is 1. The number of hydrogen-bond donors (Lipinski definition) is 1. The Labute approximate surface area is 127 Å². The van der Waals surface area contributed by atoms with Gasteiger partial charge in [-0.3, -0.25) is 9.80 Å². The number of piperidine rings is 1. The van der Waals surface area contributed by atoms with Crippen LogP contribution in [-0.4, -0.2) is 58.8 Å². The molecule has 5 nitrogen and oxygen atoms in total. The quantitative estimate of drug-likeness (QED) is 0.803. The minimum Gasteiger partial charge on any atom is -0.444 e. The van der Waals surface area contributed by atoms with Crippen LogP contribution in [0.2, 0.25) is 0 Å². The summed E-state index contributed by atoms with van der Waals surface area (Å²) in [6, 6.07) is 1.79. The van der Waals surface area contributed by atoms with Crippen molar-refractivity contribution in [3.63, 3.8) is 0 Å². The number of fused-ring (bicyclic) bond motifs is 2. The van der Waals surface area contributed by atoms with E-state index in [9.17, 15) is 4.79 Å². The van der Waals surface area contributed by atoms with Gasteiger partial charge in [0.1, 0.15) is 5.60 Å². The van der Waals surface area contributed by atoms with Gasteiger partial charge in [-0.1, -0.05) is 0 Å². The lowest BCUT2D eigenvalue weighted by Crippen LogP contribution is -2.71. The van der Waals surface area contributed by atoms with E-state index < -0.39 is 5.60 Å². The number of amides is 1. The summed E-state index contributed by atoms with van der Waals surface area (Å²) in [6.07, 6.45) is 5.73. The molecule has 2 N–H and O–H groups in total. The second-order valence-corrected chi connectivity index (χ2v) is 7.95. The average molecular weight is 295 g/mol. The van der Waals surface area contributed by atoms with Gasteiger partial charge in [0.05, 0.1) is 12.1 Å². The summed E-state index contributed by atoms with van der Waals surface area (Å²) in [5.41, 5.74) is 5.59. The molecule has 1 aliphatic carbocycles. The summed E-state index contributed by atoms with van der Waals surface area (Å²) in [5.74, 6) is 0. The highest BCUT2D eigenvalue weighted by molar-refractivity contribution is 5.70.